The average molecular weight is 1170 g/mol. The number of benzene rings is 2. The van der Waals surface area contributed by atoms with Crippen molar-refractivity contribution < 1.29 is 70.6 Å². The van der Waals surface area contributed by atoms with Crippen LogP contribution in [0.4, 0.5) is 4.79 Å². The molecule has 23 heteroatoms. The highest BCUT2D eigenvalue weighted by Gasteiger charge is 2.61. The van der Waals surface area contributed by atoms with Gasteiger partial charge in [-0.1, -0.05) is 123 Å². The lowest BCUT2D eigenvalue weighted by molar-refractivity contribution is -0.579. The second kappa shape index (κ2) is 26.7. The number of rotatable bonds is 23. The van der Waals surface area contributed by atoms with Crippen LogP contribution in [-0.4, -0.2) is 145 Å². The van der Waals surface area contributed by atoms with Crippen molar-refractivity contribution in [3.8, 4) is 0 Å². The average Bonchev–Trinajstić information content (AvgIpc) is 3.30. The first-order valence-corrected chi connectivity index (χ1v) is 36.1. The molecule has 11 atom stereocenters. The van der Waals surface area contributed by atoms with Crippen LogP contribution in [0.5, 0.6) is 0 Å². The first-order valence-electron chi connectivity index (χ1n) is 27.4. The van der Waals surface area contributed by atoms with Crippen molar-refractivity contribution in [3.05, 3.63) is 92.0 Å². The molecule has 448 valence electrons. The summed E-state index contributed by atoms with van der Waals surface area (Å²) in [6, 6.07) is 13.9. The minimum absolute atomic E-state index is 0.00741. The van der Waals surface area contributed by atoms with E-state index in [1.807, 2.05) is 128 Å². The van der Waals surface area contributed by atoms with Gasteiger partial charge in [0.25, 0.3) is 12.1 Å². The minimum atomic E-state index is -2.98. The molecule has 0 unspecified atom stereocenters. The molecule has 1 N–H and O–H groups in total. The number of amides is 1. The van der Waals surface area contributed by atoms with Crippen molar-refractivity contribution >= 4 is 37.0 Å². The summed E-state index contributed by atoms with van der Waals surface area (Å²) in [6.07, 6.45) is -11.5. The Balaban J connectivity index is 1.92. The van der Waals surface area contributed by atoms with Crippen LogP contribution in [-0.2, 0) is 69.2 Å². The van der Waals surface area contributed by atoms with Gasteiger partial charge >= 0.3 is 12.1 Å². The number of carbonyl (C=O) groups is 2. The molecule has 0 radical (unpaired) electrons. The van der Waals surface area contributed by atoms with Crippen LogP contribution < -0.4 is 5.32 Å². The number of nitrogens with one attached hydrogen (secondary N) is 1. The molecule has 2 aliphatic rings. The topological polar surface area (TPSA) is 234 Å². The van der Waals surface area contributed by atoms with Gasteiger partial charge in [-0.2, -0.15) is 0 Å². The van der Waals surface area contributed by atoms with Gasteiger partial charge in [0.2, 0.25) is 12.6 Å². The molecule has 0 spiro atoms. The standard InChI is InChI=1S/C56H95N3O17Si3/c1-52(2,3)72-48(60)39(57-51(61)73-53(4,5)6)34-68-50-43(59(64)65)47(76-79(20,21)56(13,14)15)45(75-78(18,19)55(10,11)12)41(71-50)36-69-49-42(58(62)63)46(67-33-38-30-26-23-27-31-38)44(74-77(16,17)54(7,8)9)40(70-49)35-66-32-37-28-24-22-25-29-37/h22-31,39-47,49-50H,32-36H2,1-21H3,(H,57,61)/t39-,40+,41+,42+,43+,44+,45-,46+,47+,49+,50-/m0/s1. The predicted octanol–water partition coefficient (Wildman–Crippen LogP) is 11.0. The van der Waals surface area contributed by atoms with Gasteiger partial charge in [-0.05, 0) is 107 Å². The molecule has 1 amide bonds. The third-order valence-corrected chi connectivity index (χ3v) is 28.8. The SMILES string of the molecule is CC(C)(C)OC(=O)N[C@@H](CO[C@H]1O[C@H](CO[C@@H]2O[C@H](COCc3ccccc3)[C@@H](O[Si](C)(C)C(C)(C)C)[C@H](OCc3ccccc3)[C@H]2[N+](=O)[O-])[C@H](O[Si](C)(C)C(C)(C)C)[C@H](O[Si](C)(C)C(C)(C)C)[C@H]1[N+](=O)[O-])C(=O)OC(C)(C)C. The molecular weight excluding hydrogens is 1070 g/mol. The Morgan fingerprint density at radius 1 is 0.544 bits per heavy atom. The summed E-state index contributed by atoms with van der Waals surface area (Å²) in [5.74, 6) is -0.901. The van der Waals surface area contributed by atoms with Crippen molar-refractivity contribution in [2.45, 2.75) is 250 Å². The molecule has 2 aromatic rings. The van der Waals surface area contributed by atoms with Crippen molar-refractivity contribution in [1.29, 1.82) is 0 Å². The van der Waals surface area contributed by atoms with Gasteiger partial charge in [0.15, 0.2) is 37.1 Å². The van der Waals surface area contributed by atoms with Gasteiger partial charge < -0.3 is 56.5 Å². The summed E-state index contributed by atoms with van der Waals surface area (Å²) in [4.78, 5) is 53.5. The Morgan fingerprint density at radius 2 is 0.937 bits per heavy atom. The highest BCUT2D eigenvalue weighted by molar-refractivity contribution is 6.75. The molecule has 2 aromatic carbocycles. The third kappa shape index (κ3) is 19.4. The van der Waals surface area contributed by atoms with E-state index in [4.69, 9.17) is 51.2 Å². The maximum Gasteiger partial charge on any atom is 0.408 e. The number of esters is 1. The van der Waals surface area contributed by atoms with Crippen LogP contribution in [0.15, 0.2) is 60.7 Å². The number of alkyl carbamates (subject to hydrolysis) is 1. The van der Waals surface area contributed by atoms with Crippen LogP contribution in [0.3, 0.4) is 0 Å². The second-order valence-electron chi connectivity index (χ2n) is 27.3. The van der Waals surface area contributed by atoms with Crippen molar-refractivity contribution in [1.82, 2.24) is 5.32 Å². The van der Waals surface area contributed by atoms with Gasteiger partial charge in [-0.15, -0.1) is 0 Å². The number of hydrogen-bond donors (Lipinski definition) is 1. The fraction of sp³-hybridized carbons (Fsp3) is 0.750. The largest absolute Gasteiger partial charge is 0.458 e. The van der Waals surface area contributed by atoms with Crippen molar-refractivity contribution in [2.24, 2.45) is 0 Å². The Morgan fingerprint density at radius 3 is 1.37 bits per heavy atom. The third-order valence-electron chi connectivity index (χ3n) is 15.3. The van der Waals surface area contributed by atoms with E-state index in [-0.39, 0.29) is 24.9 Å². The molecule has 0 saturated carbocycles. The van der Waals surface area contributed by atoms with Gasteiger partial charge in [0.05, 0.1) is 33.0 Å². The number of nitro groups is 2. The van der Waals surface area contributed by atoms with E-state index in [9.17, 15) is 29.8 Å². The van der Waals surface area contributed by atoms with Crippen LogP contribution in [0.25, 0.3) is 0 Å². The van der Waals surface area contributed by atoms with Crippen LogP contribution >= 0.6 is 0 Å². The maximum atomic E-state index is 13.8. The molecule has 0 aromatic heterocycles. The fourth-order valence-corrected chi connectivity index (χ4v) is 11.9. The molecule has 2 aliphatic heterocycles. The molecule has 2 fully saturated rings. The van der Waals surface area contributed by atoms with Gasteiger partial charge in [-0.25, -0.2) is 9.59 Å². The molecule has 4 rings (SSSR count). The van der Waals surface area contributed by atoms with E-state index in [0.717, 1.165) is 11.1 Å². The number of hydrogen-bond acceptors (Lipinski definition) is 17. The summed E-state index contributed by atoms with van der Waals surface area (Å²) >= 11 is 0. The summed E-state index contributed by atoms with van der Waals surface area (Å²) < 4.78 is 72.1. The zero-order valence-electron chi connectivity index (χ0n) is 51.0. The second-order valence-corrected chi connectivity index (χ2v) is 41.6. The maximum absolute atomic E-state index is 13.8. The van der Waals surface area contributed by atoms with E-state index < -0.39 is 149 Å². The van der Waals surface area contributed by atoms with Crippen molar-refractivity contribution in [3.63, 3.8) is 0 Å². The van der Waals surface area contributed by atoms with Crippen LogP contribution in [0.2, 0.25) is 54.4 Å². The molecule has 2 saturated heterocycles. The van der Waals surface area contributed by atoms with Gasteiger partial charge in [0, 0.05) is 9.85 Å². The number of nitrogens with zero attached hydrogens (tertiary/aromatic N) is 2. The molecule has 2 heterocycles. The summed E-state index contributed by atoms with van der Waals surface area (Å²) in [5, 5.41) is 28.8. The highest BCUT2D eigenvalue weighted by Crippen LogP contribution is 2.45. The minimum Gasteiger partial charge on any atom is -0.458 e. The zero-order valence-corrected chi connectivity index (χ0v) is 54.0. The lowest BCUT2D eigenvalue weighted by Gasteiger charge is -2.50. The summed E-state index contributed by atoms with van der Waals surface area (Å²) in [5.41, 5.74) is -0.294. The normalized spacial score (nSPS) is 25.3. The lowest BCUT2D eigenvalue weighted by Crippen LogP contribution is -2.69. The number of carbonyl (C=O) groups excluding carboxylic acids is 2. The Hall–Kier alpha value is -3.73. The molecule has 0 bridgehead atoms. The zero-order chi connectivity index (χ0) is 59.9. The quantitative estimate of drug-likeness (QED) is 0.0471. The van der Waals surface area contributed by atoms with E-state index in [2.05, 4.69) is 39.2 Å². The van der Waals surface area contributed by atoms with E-state index in [1.165, 1.54) is 0 Å². The van der Waals surface area contributed by atoms with Crippen LogP contribution in [0, 0.1) is 20.2 Å². The predicted molar refractivity (Wildman–Crippen MR) is 307 cm³/mol. The molecule has 20 nitrogen and oxygen atoms in total. The Labute approximate surface area is 472 Å². The summed E-state index contributed by atoms with van der Waals surface area (Å²) in [6.45, 7) is 39.2. The van der Waals surface area contributed by atoms with E-state index in [0.29, 0.717) is 0 Å². The highest BCUT2D eigenvalue weighted by atomic mass is 28.4. The fourth-order valence-electron chi connectivity index (χ4n) is 7.94. The monoisotopic (exact) mass is 1170 g/mol. The Bertz CT molecular complexity index is 2300. The first kappa shape index (κ1) is 67.8. The van der Waals surface area contributed by atoms with Crippen LogP contribution in [0.1, 0.15) is 115 Å². The number of ether oxygens (including phenoxy) is 8. The first-order chi connectivity index (χ1) is 36.0. The Kier molecular flexibility index (Phi) is 22.9. The van der Waals surface area contributed by atoms with Gasteiger partial charge in [0.1, 0.15) is 41.7 Å². The smallest absolute Gasteiger partial charge is 0.408 e. The molecule has 0 aliphatic carbocycles. The summed E-state index contributed by atoms with van der Waals surface area (Å²) in [7, 11) is -8.64. The molecular formula is C56H95N3O17Si3. The lowest BCUT2D eigenvalue weighted by atomic mass is 9.96. The van der Waals surface area contributed by atoms with E-state index in [1.54, 1.807) is 41.5 Å². The van der Waals surface area contributed by atoms with E-state index >= 15 is 0 Å². The molecule has 79 heavy (non-hydrogen) atoms. The van der Waals surface area contributed by atoms with Crippen molar-refractivity contribution in [2.75, 3.05) is 19.8 Å². The van der Waals surface area contributed by atoms with Gasteiger partial charge in [-0.3, -0.25) is 20.2 Å².